The molecule has 0 unspecified atom stereocenters. The third kappa shape index (κ3) is 2.80. The molecule has 0 saturated carbocycles. The van der Waals surface area contributed by atoms with Gasteiger partial charge >= 0.3 is 0 Å². The van der Waals surface area contributed by atoms with Crippen LogP contribution in [0.15, 0.2) is 30.3 Å². The van der Waals surface area contributed by atoms with Crippen molar-refractivity contribution in [3.63, 3.8) is 0 Å². The fourth-order valence-electron chi connectivity index (χ4n) is 3.91. The fourth-order valence-corrected chi connectivity index (χ4v) is 3.91. The normalized spacial score (nSPS) is 14.2. The highest BCUT2D eigenvalue weighted by atomic mass is 16.1. The molecule has 1 aliphatic rings. The highest BCUT2D eigenvalue weighted by Gasteiger charge is 2.25. The molecular formula is C20H26N2O. The van der Waals surface area contributed by atoms with E-state index in [9.17, 15) is 4.79 Å². The molecule has 3 rings (SSSR count). The van der Waals surface area contributed by atoms with Gasteiger partial charge in [0.05, 0.1) is 6.54 Å². The van der Waals surface area contributed by atoms with E-state index in [1.807, 2.05) is 12.1 Å². The summed E-state index contributed by atoms with van der Waals surface area (Å²) < 4.78 is 2.26. The molecular weight excluding hydrogens is 284 g/mol. The Labute approximate surface area is 138 Å². The lowest BCUT2D eigenvalue weighted by atomic mass is 10.1. The van der Waals surface area contributed by atoms with Crippen LogP contribution in [-0.2, 0) is 12.0 Å². The number of carbonyl (C=O) groups excluding carboxylic acids is 1. The van der Waals surface area contributed by atoms with Crippen LogP contribution in [0.2, 0.25) is 0 Å². The molecule has 23 heavy (non-hydrogen) atoms. The van der Waals surface area contributed by atoms with Gasteiger partial charge in [0.1, 0.15) is 0 Å². The highest BCUT2D eigenvalue weighted by molar-refractivity contribution is 6.00. The van der Waals surface area contributed by atoms with E-state index in [1.54, 1.807) is 0 Å². The molecule has 0 N–H and O–H groups in total. The number of nitrogens with zero attached hydrogens (tertiary/aromatic N) is 2. The average molecular weight is 310 g/mol. The van der Waals surface area contributed by atoms with Gasteiger partial charge in [-0.25, -0.2) is 0 Å². The zero-order chi connectivity index (χ0) is 16.8. The van der Waals surface area contributed by atoms with Gasteiger partial charge in [-0.15, -0.1) is 0 Å². The topological polar surface area (TPSA) is 25.2 Å². The summed E-state index contributed by atoms with van der Waals surface area (Å²) in [6, 6.07) is 10.4. The van der Waals surface area contributed by atoms with Crippen LogP contribution in [0.4, 0.5) is 5.69 Å². The van der Waals surface area contributed by atoms with Crippen LogP contribution >= 0.6 is 0 Å². The number of benzene rings is 1. The minimum Gasteiger partial charge on any atom is -0.363 e. The van der Waals surface area contributed by atoms with Crippen molar-refractivity contribution in [1.82, 2.24) is 4.57 Å². The number of para-hydroxylation sites is 1. The third-order valence-electron chi connectivity index (χ3n) is 4.72. The molecule has 0 radical (unpaired) electrons. The molecule has 3 nitrogen and oxygen atoms in total. The summed E-state index contributed by atoms with van der Waals surface area (Å²) >= 11 is 0. The molecule has 122 valence electrons. The summed E-state index contributed by atoms with van der Waals surface area (Å²) in [6.45, 7) is 12.1. The molecule has 0 aliphatic carbocycles. The summed E-state index contributed by atoms with van der Waals surface area (Å²) in [7, 11) is 0. The summed E-state index contributed by atoms with van der Waals surface area (Å²) in [5.41, 5.74) is 5.65. The molecule has 1 aliphatic heterocycles. The number of aryl methyl sites for hydroxylation is 1. The molecule has 0 atom stereocenters. The van der Waals surface area contributed by atoms with Crippen molar-refractivity contribution in [2.45, 2.75) is 46.6 Å². The van der Waals surface area contributed by atoms with E-state index < -0.39 is 0 Å². The molecule has 0 saturated heterocycles. The third-order valence-corrected chi connectivity index (χ3v) is 4.72. The van der Waals surface area contributed by atoms with Crippen LogP contribution in [0, 0.1) is 13.8 Å². The smallest absolute Gasteiger partial charge is 0.183 e. The molecule has 0 bridgehead atoms. The zero-order valence-corrected chi connectivity index (χ0v) is 14.8. The van der Waals surface area contributed by atoms with Gasteiger partial charge in [-0.2, -0.15) is 0 Å². The highest BCUT2D eigenvalue weighted by Crippen LogP contribution is 2.29. The van der Waals surface area contributed by atoms with Crippen molar-refractivity contribution >= 4 is 11.5 Å². The van der Waals surface area contributed by atoms with Crippen molar-refractivity contribution in [3.05, 3.63) is 52.8 Å². The number of carbonyl (C=O) groups is 1. The minimum atomic E-state index is -0.00700. The number of aromatic nitrogens is 1. The van der Waals surface area contributed by atoms with E-state index >= 15 is 0 Å². The van der Waals surface area contributed by atoms with Gasteiger partial charge in [-0.1, -0.05) is 18.2 Å². The monoisotopic (exact) mass is 310 g/mol. The Balaban J connectivity index is 1.86. The van der Waals surface area contributed by atoms with E-state index in [0.717, 1.165) is 29.9 Å². The lowest BCUT2D eigenvalue weighted by molar-refractivity contribution is 0.0998. The number of ketones is 1. The number of rotatable bonds is 3. The number of hydrogen-bond donors (Lipinski definition) is 0. The second-order valence-corrected chi connectivity index (χ2v) is 7.51. The second kappa shape index (κ2) is 5.55. The van der Waals surface area contributed by atoms with Crippen LogP contribution in [-0.4, -0.2) is 23.4 Å². The Bertz CT molecular complexity index is 749. The first-order valence-corrected chi connectivity index (χ1v) is 8.34. The van der Waals surface area contributed by atoms with E-state index in [1.165, 1.54) is 11.3 Å². The van der Waals surface area contributed by atoms with Crippen LogP contribution in [0.3, 0.4) is 0 Å². The Morgan fingerprint density at radius 3 is 2.52 bits per heavy atom. The molecule has 0 fully saturated rings. The Morgan fingerprint density at radius 2 is 1.87 bits per heavy atom. The molecule has 2 heterocycles. The van der Waals surface area contributed by atoms with Crippen LogP contribution in [0.5, 0.6) is 0 Å². The predicted octanol–water partition coefficient (Wildman–Crippen LogP) is 4.11. The summed E-state index contributed by atoms with van der Waals surface area (Å²) in [5.74, 6) is 0.213. The Kier molecular flexibility index (Phi) is 3.83. The van der Waals surface area contributed by atoms with Crippen LogP contribution < -0.4 is 4.90 Å². The zero-order valence-electron chi connectivity index (χ0n) is 14.8. The van der Waals surface area contributed by atoms with Crippen molar-refractivity contribution in [1.29, 1.82) is 0 Å². The van der Waals surface area contributed by atoms with Crippen molar-refractivity contribution in [3.8, 4) is 0 Å². The number of hydrogen-bond acceptors (Lipinski definition) is 2. The lowest BCUT2D eigenvalue weighted by Crippen LogP contribution is -2.29. The molecule has 1 aromatic heterocycles. The molecule has 1 aromatic carbocycles. The van der Waals surface area contributed by atoms with Crippen molar-refractivity contribution < 1.29 is 4.79 Å². The largest absolute Gasteiger partial charge is 0.363 e. The van der Waals surface area contributed by atoms with E-state index in [2.05, 4.69) is 62.3 Å². The minimum absolute atomic E-state index is 0.00700. The number of fused-ring (bicyclic) bond motifs is 1. The standard InChI is InChI=1S/C20H26N2O/c1-14-12-17(15(2)22(14)20(3,4)5)19(23)13-21-11-10-16-8-6-7-9-18(16)21/h6-9,12H,10-11,13H2,1-5H3. The maximum absolute atomic E-state index is 12.9. The van der Waals surface area contributed by atoms with Crippen molar-refractivity contribution in [2.24, 2.45) is 0 Å². The lowest BCUT2D eigenvalue weighted by Gasteiger charge is -2.26. The SMILES string of the molecule is Cc1cc(C(=O)CN2CCc3ccccc32)c(C)n1C(C)(C)C. The quantitative estimate of drug-likeness (QED) is 0.797. The summed E-state index contributed by atoms with van der Waals surface area (Å²) in [5, 5.41) is 0. The first kappa shape index (κ1) is 15.9. The fraction of sp³-hybridized carbons (Fsp3) is 0.450. The van der Waals surface area contributed by atoms with Crippen LogP contribution in [0.1, 0.15) is 48.1 Å². The summed E-state index contributed by atoms with van der Waals surface area (Å²) in [4.78, 5) is 15.1. The maximum atomic E-state index is 12.9. The predicted molar refractivity (Wildman–Crippen MR) is 95.6 cm³/mol. The molecule has 2 aromatic rings. The first-order chi connectivity index (χ1) is 10.8. The maximum Gasteiger partial charge on any atom is 0.183 e. The molecule has 3 heteroatoms. The molecule has 0 spiro atoms. The van der Waals surface area contributed by atoms with Gasteiger partial charge in [0.2, 0.25) is 0 Å². The first-order valence-electron chi connectivity index (χ1n) is 8.34. The number of anilines is 1. The van der Waals surface area contributed by atoms with Gasteiger partial charge in [-0.05, 0) is 58.7 Å². The van der Waals surface area contributed by atoms with Crippen LogP contribution in [0.25, 0.3) is 0 Å². The van der Waals surface area contributed by atoms with E-state index in [-0.39, 0.29) is 11.3 Å². The van der Waals surface area contributed by atoms with Gasteiger partial charge in [0.15, 0.2) is 5.78 Å². The van der Waals surface area contributed by atoms with Crippen molar-refractivity contribution in [2.75, 3.05) is 18.0 Å². The van der Waals surface area contributed by atoms with Gasteiger partial charge < -0.3 is 9.47 Å². The summed E-state index contributed by atoms with van der Waals surface area (Å²) in [6.07, 6.45) is 1.03. The van der Waals surface area contributed by atoms with E-state index in [4.69, 9.17) is 0 Å². The van der Waals surface area contributed by atoms with E-state index in [0.29, 0.717) is 6.54 Å². The van der Waals surface area contributed by atoms with Gasteiger partial charge in [0.25, 0.3) is 0 Å². The van der Waals surface area contributed by atoms with Gasteiger partial charge in [0, 0.05) is 34.7 Å². The average Bonchev–Trinajstić information content (AvgIpc) is 3.00. The number of Topliss-reactive ketones (excluding diaryl/α,β-unsaturated/α-hetero) is 1. The second-order valence-electron chi connectivity index (χ2n) is 7.51. The van der Waals surface area contributed by atoms with Gasteiger partial charge in [-0.3, -0.25) is 4.79 Å². The Morgan fingerprint density at radius 1 is 1.17 bits per heavy atom. The molecule has 0 amide bonds. The Hall–Kier alpha value is -2.03.